The van der Waals surface area contributed by atoms with Crippen LogP contribution in [0.15, 0.2) is 18.2 Å². The van der Waals surface area contributed by atoms with Crippen LogP contribution in [-0.4, -0.2) is 42.2 Å². The highest BCUT2D eigenvalue weighted by molar-refractivity contribution is 5.94. The first-order valence-electron chi connectivity index (χ1n) is 5.85. The Kier molecular flexibility index (Phi) is 3.33. The number of nitrogens with zero attached hydrogens (tertiary/aromatic N) is 1. The summed E-state index contributed by atoms with van der Waals surface area (Å²) in [4.78, 5) is 13.4. The lowest BCUT2D eigenvalue weighted by atomic mass is 10.1. The van der Waals surface area contributed by atoms with Crippen LogP contribution in [0.1, 0.15) is 22.3 Å². The van der Waals surface area contributed by atoms with Crippen molar-refractivity contribution < 1.29 is 9.90 Å². The van der Waals surface area contributed by atoms with Gasteiger partial charge in [0.15, 0.2) is 0 Å². The second kappa shape index (κ2) is 4.75. The van der Waals surface area contributed by atoms with Gasteiger partial charge in [0.2, 0.25) is 0 Å². The van der Waals surface area contributed by atoms with E-state index < -0.39 is 5.97 Å². The Morgan fingerprint density at radius 3 is 2.88 bits per heavy atom. The molecular weight excluding hydrogens is 216 g/mol. The molecule has 1 aromatic carbocycles. The zero-order chi connectivity index (χ0) is 12.4. The first kappa shape index (κ1) is 11.9. The van der Waals surface area contributed by atoms with Gasteiger partial charge in [-0.25, -0.2) is 4.79 Å². The SMILES string of the molecule is Cc1ccc(NC2CCN(C)C2)c(C(=O)O)c1. The van der Waals surface area contributed by atoms with Crippen LogP contribution >= 0.6 is 0 Å². The van der Waals surface area contributed by atoms with Crippen molar-refractivity contribution in [2.45, 2.75) is 19.4 Å². The summed E-state index contributed by atoms with van der Waals surface area (Å²) in [5.74, 6) is -0.873. The summed E-state index contributed by atoms with van der Waals surface area (Å²) in [6.45, 7) is 3.93. The maximum absolute atomic E-state index is 11.2. The highest BCUT2D eigenvalue weighted by Gasteiger charge is 2.21. The molecule has 4 heteroatoms. The van der Waals surface area contributed by atoms with Crippen LogP contribution in [0.2, 0.25) is 0 Å². The van der Waals surface area contributed by atoms with Crippen molar-refractivity contribution in [2.75, 3.05) is 25.5 Å². The number of likely N-dealkylation sites (N-methyl/N-ethyl adjacent to an activating group) is 1. The largest absolute Gasteiger partial charge is 0.478 e. The number of nitrogens with one attached hydrogen (secondary N) is 1. The predicted octanol–water partition coefficient (Wildman–Crippen LogP) is 1.81. The molecule has 1 saturated heterocycles. The molecular formula is C13H18N2O2. The van der Waals surface area contributed by atoms with Gasteiger partial charge in [-0.15, -0.1) is 0 Å². The van der Waals surface area contributed by atoms with Gasteiger partial charge in [0.05, 0.1) is 5.56 Å². The summed E-state index contributed by atoms with van der Waals surface area (Å²) in [5.41, 5.74) is 2.06. The van der Waals surface area contributed by atoms with E-state index in [0.717, 1.165) is 30.8 Å². The second-order valence-electron chi connectivity index (χ2n) is 4.75. The van der Waals surface area contributed by atoms with Crippen molar-refractivity contribution in [3.63, 3.8) is 0 Å². The third-order valence-electron chi connectivity index (χ3n) is 3.16. The maximum Gasteiger partial charge on any atom is 0.337 e. The molecule has 2 N–H and O–H groups in total. The zero-order valence-electron chi connectivity index (χ0n) is 10.2. The number of aromatic carboxylic acids is 1. The third-order valence-corrected chi connectivity index (χ3v) is 3.16. The van der Waals surface area contributed by atoms with Crippen LogP contribution in [0, 0.1) is 6.92 Å². The minimum absolute atomic E-state index is 0.348. The summed E-state index contributed by atoms with van der Waals surface area (Å²) in [6, 6.07) is 5.86. The van der Waals surface area contributed by atoms with Crippen molar-refractivity contribution in [3.8, 4) is 0 Å². The van der Waals surface area contributed by atoms with Gasteiger partial charge in [-0.2, -0.15) is 0 Å². The van der Waals surface area contributed by atoms with Crippen molar-refractivity contribution in [3.05, 3.63) is 29.3 Å². The molecule has 17 heavy (non-hydrogen) atoms. The molecule has 0 radical (unpaired) electrons. The fraction of sp³-hybridized carbons (Fsp3) is 0.462. The second-order valence-corrected chi connectivity index (χ2v) is 4.75. The van der Waals surface area contributed by atoms with Gasteiger partial charge < -0.3 is 15.3 Å². The van der Waals surface area contributed by atoms with Crippen LogP contribution in [0.4, 0.5) is 5.69 Å². The summed E-state index contributed by atoms with van der Waals surface area (Å²) in [5, 5.41) is 12.5. The summed E-state index contributed by atoms with van der Waals surface area (Å²) in [7, 11) is 2.08. The molecule has 0 saturated carbocycles. The Morgan fingerprint density at radius 2 is 2.29 bits per heavy atom. The first-order valence-corrected chi connectivity index (χ1v) is 5.85. The highest BCUT2D eigenvalue weighted by atomic mass is 16.4. The average molecular weight is 234 g/mol. The topological polar surface area (TPSA) is 52.6 Å². The van der Waals surface area contributed by atoms with E-state index in [9.17, 15) is 4.79 Å². The quantitative estimate of drug-likeness (QED) is 0.837. The summed E-state index contributed by atoms with van der Waals surface area (Å²) >= 11 is 0. The standard InChI is InChI=1S/C13H18N2O2/c1-9-3-4-12(11(7-9)13(16)17)14-10-5-6-15(2)8-10/h3-4,7,10,14H,5-6,8H2,1-2H3,(H,16,17). The molecule has 1 heterocycles. The number of benzene rings is 1. The van der Waals surface area contributed by atoms with Crippen LogP contribution in [0.5, 0.6) is 0 Å². The molecule has 1 aromatic rings. The van der Waals surface area contributed by atoms with Gasteiger partial charge in [0.1, 0.15) is 0 Å². The van der Waals surface area contributed by atoms with Gasteiger partial charge >= 0.3 is 5.97 Å². The monoisotopic (exact) mass is 234 g/mol. The van der Waals surface area contributed by atoms with Crippen LogP contribution < -0.4 is 5.32 Å². The molecule has 1 atom stereocenters. The van der Waals surface area contributed by atoms with Crippen molar-refractivity contribution in [2.24, 2.45) is 0 Å². The molecule has 1 aliphatic heterocycles. The third kappa shape index (κ3) is 2.77. The van der Waals surface area contributed by atoms with Crippen LogP contribution in [0.3, 0.4) is 0 Å². The average Bonchev–Trinajstić information content (AvgIpc) is 2.66. The Labute approximate surface area is 101 Å². The fourth-order valence-corrected chi connectivity index (χ4v) is 2.23. The lowest BCUT2D eigenvalue weighted by molar-refractivity contribution is 0.0698. The molecule has 1 aliphatic rings. The van der Waals surface area contributed by atoms with E-state index in [-0.39, 0.29) is 0 Å². The lowest BCUT2D eigenvalue weighted by Crippen LogP contribution is -2.24. The van der Waals surface area contributed by atoms with E-state index >= 15 is 0 Å². The normalized spacial score (nSPS) is 20.5. The van der Waals surface area contributed by atoms with E-state index in [1.165, 1.54) is 0 Å². The van der Waals surface area contributed by atoms with Crippen LogP contribution in [0.25, 0.3) is 0 Å². The summed E-state index contributed by atoms with van der Waals surface area (Å²) in [6.07, 6.45) is 1.06. The Morgan fingerprint density at radius 1 is 1.53 bits per heavy atom. The molecule has 4 nitrogen and oxygen atoms in total. The Bertz CT molecular complexity index is 431. The zero-order valence-corrected chi connectivity index (χ0v) is 10.2. The molecule has 0 aliphatic carbocycles. The molecule has 1 unspecified atom stereocenters. The fourth-order valence-electron chi connectivity index (χ4n) is 2.23. The number of rotatable bonds is 3. The molecule has 0 aromatic heterocycles. The van der Waals surface area contributed by atoms with Gasteiger partial charge in [-0.1, -0.05) is 11.6 Å². The number of aryl methyl sites for hydroxylation is 1. The van der Waals surface area contributed by atoms with Gasteiger partial charge in [-0.3, -0.25) is 0 Å². The van der Waals surface area contributed by atoms with E-state index in [2.05, 4.69) is 17.3 Å². The molecule has 2 rings (SSSR count). The predicted molar refractivity (Wildman–Crippen MR) is 67.7 cm³/mol. The Balaban J connectivity index is 2.17. The number of carboxylic acids is 1. The number of likely N-dealkylation sites (tertiary alicyclic amines) is 1. The van der Waals surface area contributed by atoms with Crippen LogP contribution in [-0.2, 0) is 0 Å². The maximum atomic E-state index is 11.2. The smallest absolute Gasteiger partial charge is 0.337 e. The van der Waals surface area contributed by atoms with E-state index in [4.69, 9.17) is 5.11 Å². The minimum atomic E-state index is -0.873. The van der Waals surface area contributed by atoms with Crippen molar-refractivity contribution >= 4 is 11.7 Å². The highest BCUT2D eigenvalue weighted by Crippen LogP contribution is 2.20. The number of carbonyl (C=O) groups is 1. The van der Waals surface area contributed by atoms with Gasteiger partial charge in [0, 0.05) is 18.3 Å². The lowest BCUT2D eigenvalue weighted by Gasteiger charge is -2.16. The molecule has 0 bridgehead atoms. The van der Waals surface area contributed by atoms with E-state index in [0.29, 0.717) is 11.6 Å². The van der Waals surface area contributed by atoms with Crippen molar-refractivity contribution in [1.82, 2.24) is 4.90 Å². The molecule has 0 amide bonds. The number of anilines is 1. The summed E-state index contributed by atoms with van der Waals surface area (Å²) < 4.78 is 0. The van der Waals surface area contributed by atoms with E-state index in [1.54, 1.807) is 6.07 Å². The molecule has 1 fully saturated rings. The first-order chi connectivity index (χ1) is 8.06. The molecule has 92 valence electrons. The molecule has 0 spiro atoms. The van der Waals surface area contributed by atoms with Gasteiger partial charge in [-0.05, 0) is 39.1 Å². The van der Waals surface area contributed by atoms with E-state index in [1.807, 2.05) is 19.1 Å². The number of carboxylic acid groups (broad SMARTS) is 1. The minimum Gasteiger partial charge on any atom is -0.478 e. The number of hydrogen-bond acceptors (Lipinski definition) is 3. The van der Waals surface area contributed by atoms with Crippen molar-refractivity contribution in [1.29, 1.82) is 0 Å². The number of hydrogen-bond donors (Lipinski definition) is 2. The Hall–Kier alpha value is -1.55. The van der Waals surface area contributed by atoms with Gasteiger partial charge in [0.25, 0.3) is 0 Å².